The molecule has 0 bridgehead atoms. The zero-order valence-electron chi connectivity index (χ0n) is 17.8. The lowest BCUT2D eigenvalue weighted by atomic mass is 9.99. The van der Waals surface area contributed by atoms with Gasteiger partial charge in [-0.05, 0) is 40.8 Å². The standard InChI is InChI=1S/C24H26F4N2O2/c1-23(25,26)22(31)29-12-16-2-4-17(5-3-16)13-30-9-8-18-10-21(7-6-19(18)14-30)32-15-20-11-24(20,27)28/h2-7,10,20H,8-9,11-15H2,1H3,(H,29,31). The van der Waals surface area contributed by atoms with Crippen molar-refractivity contribution >= 4 is 5.91 Å². The fourth-order valence-corrected chi connectivity index (χ4v) is 3.82. The van der Waals surface area contributed by atoms with Crippen LogP contribution in [-0.2, 0) is 30.8 Å². The maximum Gasteiger partial charge on any atom is 0.321 e. The van der Waals surface area contributed by atoms with E-state index in [1.54, 1.807) is 0 Å². The smallest absolute Gasteiger partial charge is 0.321 e. The van der Waals surface area contributed by atoms with E-state index in [1.165, 1.54) is 11.1 Å². The van der Waals surface area contributed by atoms with Gasteiger partial charge in [0.2, 0.25) is 0 Å². The van der Waals surface area contributed by atoms with Crippen molar-refractivity contribution in [2.24, 2.45) is 5.92 Å². The fourth-order valence-electron chi connectivity index (χ4n) is 3.82. The van der Waals surface area contributed by atoms with Crippen molar-refractivity contribution in [1.82, 2.24) is 10.2 Å². The van der Waals surface area contributed by atoms with Gasteiger partial charge in [-0.2, -0.15) is 8.78 Å². The van der Waals surface area contributed by atoms with E-state index in [0.717, 1.165) is 37.2 Å². The van der Waals surface area contributed by atoms with Crippen LogP contribution >= 0.6 is 0 Å². The van der Waals surface area contributed by atoms with Gasteiger partial charge < -0.3 is 10.1 Å². The number of halogens is 4. The molecule has 0 spiro atoms. The summed E-state index contributed by atoms with van der Waals surface area (Å²) >= 11 is 0. The van der Waals surface area contributed by atoms with Crippen LogP contribution in [0.3, 0.4) is 0 Å². The van der Waals surface area contributed by atoms with Crippen LogP contribution in [0.2, 0.25) is 0 Å². The van der Waals surface area contributed by atoms with Crippen molar-refractivity contribution in [3.05, 3.63) is 64.7 Å². The molecule has 1 amide bonds. The van der Waals surface area contributed by atoms with Gasteiger partial charge in [0.05, 0.1) is 12.5 Å². The van der Waals surface area contributed by atoms with Gasteiger partial charge >= 0.3 is 5.92 Å². The number of carbonyl (C=O) groups excluding carboxylic acids is 1. The van der Waals surface area contributed by atoms with E-state index in [1.807, 2.05) is 42.5 Å². The molecule has 1 aliphatic heterocycles. The molecule has 0 radical (unpaired) electrons. The van der Waals surface area contributed by atoms with Crippen molar-refractivity contribution in [1.29, 1.82) is 0 Å². The van der Waals surface area contributed by atoms with Gasteiger partial charge in [-0.25, -0.2) is 8.78 Å². The lowest BCUT2D eigenvalue weighted by molar-refractivity contribution is -0.143. The molecule has 1 atom stereocenters. The van der Waals surface area contributed by atoms with Gasteiger partial charge in [0.1, 0.15) is 5.75 Å². The highest BCUT2D eigenvalue weighted by Crippen LogP contribution is 2.48. The van der Waals surface area contributed by atoms with Crippen LogP contribution < -0.4 is 10.1 Å². The summed E-state index contributed by atoms with van der Waals surface area (Å²) < 4.78 is 57.4. The van der Waals surface area contributed by atoms with Crippen LogP contribution in [0.1, 0.15) is 35.6 Å². The normalized spacial score (nSPS) is 19.8. The van der Waals surface area contributed by atoms with E-state index in [2.05, 4.69) is 10.2 Å². The second-order valence-electron chi connectivity index (χ2n) is 8.75. The molecular weight excluding hydrogens is 424 g/mol. The van der Waals surface area contributed by atoms with Gasteiger partial charge in [-0.1, -0.05) is 30.3 Å². The molecule has 172 valence electrons. The van der Waals surface area contributed by atoms with Crippen LogP contribution in [-0.4, -0.2) is 35.8 Å². The largest absolute Gasteiger partial charge is 0.493 e. The molecule has 4 rings (SSSR count). The highest BCUT2D eigenvalue weighted by Gasteiger charge is 2.57. The third-order valence-corrected chi connectivity index (χ3v) is 5.96. The first-order valence-corrected chi connectivity index (χ1v) is 10.7. The second kappa shape index (κ2) is 8.73. The number of rotatable bonds is 8. The predicted octanol–water partition coefficient (Wildman–Crippen LogP) is 4.55. The van der Waals surface area contributed by atoms with Crippen LogP contribution in [0.15, 0.2) is 42.5 Å². The summed E-state index contributed by atoms with van der Waals surface area (Å²) in [4.78, 5) is 13.6. The van der Waals surface area contributed by atoms with Crippen LogP contribution in [0.4, 0.5) is 17.6 Å². The molecule has 1 heterocycles. The minimum atomic E-state index is -3.39. The molecule has 1 unspecified atom stereocenters. The Morgan fingerprint density at radius 1 is 1.16 bits per heavy atom. The van der Waals surface area contributed by atoms with Crippen LogP contribution in [0.25, 0.3) is 0 Å². The van der Waals surface area contributed by atoms with Crippen molar-refractivity contribution in [3.8, 4) is 5.75 Å². The molecule has 4 nitrogen and oxygen atoms in total. The van der Waals surface area contributed by atoms with Crippen molar-refractivity contribution in [3.63, 3.8) is 0 Å². The van der Waals surface area contributed by atoms with E-state index in [4.69, 9.17) is 4.74 Å². The zero-order chi connectivity index (χ0) is 22.9. The Balaban J connectivity index is 1.27. The Labute approximate surface area is 184 Å². The molecule has 2 aromatic carbocycles. The summed E-state index contributed by atoms with van der Waals surface area (Å²) in [5.41, 5.74) is 4.22. The SMILES string of the molecule is CC(F)(F)C(=O)NCc1ccc(CN2CCc3cc(OCC4CC4(F)F)ccc3C2)cc1. The van der Waals surface area contributed by atoms with Crippen molar-refractivity contribution in [2.75, 3.05) is 13.2 Å². The molecule has 2 aliphatic rings. The average Bonchev–Trinajstić information content (AvgIpc) is 3.37. The van der Waals surface area contributed by atoms with Gasteiger partial charge in [-0.15, -0.1) is 0 Å². The second-order valence-corrected chi connectivity index (χ2v) is 8.75. The zero-order valence-corrected chi connectivity index (χ0v) is 17.8. The Kier molecular flexibility index (Phi) is 6.16. The van der Waals surface area contributed by atoms with Gasteiger partial charge in [0.25, 0.3) is 11.8 Å². The number of hydrogen-bond acceptors (Lipinski definition) is 3. The number of fused-ring (bicyclic) bond motifs is 1. The third-order valence-electron chi connectivity index (χ3n) is 5.96. The molecule has 0 aromatic heterocycles. The van der Waals surface area contributed by atoms with E-state index >= 15 is 0 Å². The maximum atomic E-state index is 13.0. The Hall–Kier alpha value is -2.61. The highest BCUT2D eigenvalue weighted by molar-refractivity contribution is 5.82. The summed E-state index contributed by atoms with van der Waals surface area (Å²) in [7, 11) is 0. The Bertz CT molecular complexity index is 973. The van der Waals surface area contributed by atoms with E-state index in [9.17, 15) is 22.4 Å². The monoisotopic (exact) mass is 450 g/mol. The van der Waals surface area contributed by atoms with Crippen LogP contribution in [0, 0.1) is 5.92 Å². The highest BCUT2D eigenvalue weighted by atomic mass is 19.3. The number of carbonyl (C=O) groups is 1. The van der Waals surface area contributed by atoms with E-state index in [-0.39, 0.29) is 19.6 Å². The number of ether oxygens (including phenoxy) is 1. The minimum Gasteiger partial charge on any atom is -0.493 e. The fraction of sp³-hybridized carbons (Fsp3) is 0.458. The Morgan fingerprint density at radius 3 is 2.50 bits per heavy atom. The lowest BCUT2D eigenvalue weighted by Gasteiger charge is -2.29. The summed E-state index contributed by atoms with van der Waals surface area (Å²) in [5.74, 6) is -7.26. The molecule has 32 heavy (non-hydrogen) atoms. The summed E-state index contributed by atoms with van der Waals surface area (Å²) in [5, 5.41) is 2.23. The van der Waals surface area contributed by atoms with Gasteiger partial charge in [-0.3, -0.25) is 9.69 Å². The maximum absolute atomic E-state index is 13.0. The molecule has 0 saturated heterocycles. The number of hydrogen-bond donors (Lipinski definition) is 1. The molecule has 8 heteroatoms. The molecule has 1 N–H and O–H groups in total. The Morgan fingerprint density at radius 2 is 1.84 bits per heavy atom. The lowest BCUT2D eigenvalue weighted by Crippen LogP contribution is -2.37. The predicted molar refractivity (Wildman–Crippen MR) is 112 cm³/mol. The number of nitrogens with zero attached hydrogens (tertiary/aromatic N) is 1. The number of nitrogens with one attached hydrogen (secondary N) is 1. The first-order valence-electron chi connectivity index (χ1n) is 10.7. The van der Waals surface area contributed by atoms with Gasteiger partial charge in [0, 0.05) is 39.5 Å². The quantitative estimate of drug-likeness (QED) is 0.600. The van der Waals surface area contributed by atoms with Crippen molar-refractivity contribution in [2.45, 2.75) is 51.2 Å². The first-order chi connectivity index (χ1) is 15.1. The number of alkyl halides is 4. The first kappa shape index (κ1) is 22.6. The minimum absolute atomic E-state index is 0.0540. The molecule has 2 aromatic rings. The average molecular weight is 450 g/mol. The molecule has 1 aliphatic carbocycles. The third kappa shape index (κ3) is 5.59. The van der Waals surface area contributed by atoms with Crippen molar-refractivity contribution < 1.29 is 27.1 Å². The summed E-state index contributed by atoms with van der Waals surface area (Å²) in [6.45, 7) is 3.07. The van der Waals surface area contributed by atoms with Gasteiger partial charge in [0.15, 0.2) is 0 Å². The summed E-state index contributed by atoms with van der Waals surface area (Å²) in [6, 6.07) is 13.3. The van der Waals surface area contributed by atoms with E-state index < -0.39 is 23.7 Å². The van der Waals surface area contributed by atoms with E-state index in [0.29, 0.717) is 12.7 Å². The molecule has 1 fully saturated rings. The summed E-state index contributed by atoms with van der Waals surface area (Å²) in [6.07, 6.45) is 0.763. The number of benzene rings is 2. The topological polar surface area (TPSA) is 41.6 Å². The number of amides is 1. The molecular formula is C24H26F4N2O2. The molecule has 1 saturated carbocycles. The van der Waals surface area contributed by atoms with Crippen LogP contribution in [0.5, 0.6) is 5.75 Å².